The summed E-state index contributed by atoms with van der Waals surface area (Å²) in [6, 6.07) is 0. The molecule has 0 bridgehead atoms. The molecule has 0 unspecified atom stereocenters. The van der Waals surface area contributed by atoms with Crippen molar-refractivity contribution >= 4 is 6.09 Å². The number of hydrogen-bond donors (Lipinski definition) is 1. The minimum absolute atomic E-state index is 0.220. The number of carbonyl (C=O) groups excluding carboxylic acids is 1. The Hall–Kier alpha value is -0.810. The van der Waals surface area contributed by atoms with E-state index < -0.39 is 5.60 Å². The fourth-order valence-electron chi connectivity index (χ4n) is 1.86. The molecule has 5 nitrogen and oxygen atoms in total. The maximum atomic E-state index is 11.8. The Morgan fingerprint density at radius 1 is 1.33 bits per heavy atom. The lowest BCUT2D eigenvalue weighted by Gasteiger charge is -2.33. The molecule has 1 aliphatic heterocycles. The number of ether oxygens (including phenoxy) is 2. The molecule has 0 aliphatic carbocycles. The van der Waals surface area contributed by atoms with Gasteiger partial charge in [-0.05, 0) is 46.6 Å². The molecule has 1 saturated heterocycles. The summed E-state index contributed by atoms with van der Waals surface area (Å²) >= 11 is 0. The van der Waals surface area contributed by atoms with Gasteiger partial charge in [0.15, 0.2) is 0 Å². The molecule has 0 saturated carbocycles. The van der Waals surface area contributed by atoms with E-state index in [0.29, 0.717) is 26.2 Å². The maximum Gasteiger partial charge on any atom is 0.410 e. The quantitative estimate of drug-likeness (QED) is 0.780. The van der Waals surface area contributed by atoms with Crippen molar-refractivity contribution in [2.24, 2.45) is 5.73 Å². The van der Waals surface area contributed by atoms with E-state index in [0.717, 1.165) is 19.3 Å². The van der Waals surface area contributed by atoms with Gasteiger partial charge in [-0.1, -0.05) is 0 Å². The van der Waals surface area contributed by atoms with Crippen LogP contribution in [0.25, 0.3) is 0 Å². The largest absolute Gasteiger partial charge is 0.444 e. The highest BCUT2D eigenvalue weighted by Crippen LogP contribution is 2.17. The number of amides is 1. The molecule has 1 aliphatic rings. The molecule has 0 aromatic heterocycles. The highest BCUT2D eigenvalue weighted by Gasteiger charge is 2.26. The second-order valence-electron chi connectivity index (χ2n) is 5.68. The van der Waals surface area contributed by atoms with Crippen molar-refractivity contribution in [3.63, 3.8) is 0 Å². The summed E-state index contributed by atoms with van der Waals surface area (Å²) in [7, 11) is 0. The Bertz CT molecular complexity index is 255. The third kappa shape index (κ3) is 5.69. The number of likely N-dealkylation sites (tertiary alicyclic amines) is 1. The smallest absolute Gasteiger partial charge is 0.410 e. The van der Waals surface area contributed by atoms with E-state index >= 15 is 0 Å². The van der Waals surface area contributed by atoms with Crippen LogP contribution in [0, 0.1) is 0 Å². The van der Waals surface area contributed by atoms with Gasteiger partial charge >= 0.3 is 6.09 Å². The number of nitrogens with two attached hydrogens (primary N) is 1. The Labute approximate surface area is 110 Å². The predicted octanol–water partition coefficient (Wildman–Crippen LogP) is 1.75. The molecular formula is C13H26N2O3. The molecule has 0 radical (unpaired) electrons. The first-order chi connectivity index (χ1) is 8.42. The zero-order chi connectivity index (χ0) is 13.6. The number of nitrogens with zero attached hydrogens (tertiary/aromatic N) is 1. The van der Waals surface area contributed by atoms with Gasteiger partial charge in [0.05, 0.1) is 6.10 Å². The molecule has 1 fully saturated rings. The van der Waals surface area contributed by atoms with Gasteiger partial charge in [-0.15, -0.1) is 0 Å². The van der Waals surface area contributed by atoms with Gasteiger partial charge in [-0.25, -0.2) is 4.79 Å². The highest BCUT2D eigenvalue weighted by molar-refractivity contribution is 5.68. The Morgan fingerprint density at radius 2 is 1.94 bits per heavy atom. The minimum atomic E-state index is -0.425. The lowest BCUT2D eigenvalue weighted by Crippen LogP contribution is -2.43. The van der Waals surface area contributed by atoms with Gasteiger partial charge in [0.2, 0.25) is 0 Å². The first kappa shape index (κ1) is 15.2. The van der Waals surface area contributed by atoms with E-state index in [1.54, 1.807) is 4.90 Å². The Morgan fingerprint density at radius 3 is 2.44 bits per heavy atom. The first-order valence-corrected chi connectivity index (χ1v) is 6.72. The number of piperidine rings is 1. The molecule has 0 aromatic carbocycles. The van der Waals surface area contributed by atoms with Crippen molar-refractivity contribution in [2.45, 2.75) is 51.7 Å². The number of hydrogen-bond acceptors (Lipinski definition) is 4. The second-order valence-corrected chi connectivity index (χ2v) is 5.68. The molecule has 0 aromatic rings. The second kappa shape index (κ2) is 6.95. The van der Waals surface area contributed by atoms with Crippen LogP contribution in [0.2, 0.25) is 0 Å². The van der Waals surface area contributed by atoms with Crippen molar-refractivity contribution in [3.8, 4) is 0 Å². The minimum Gasteiger partial charge on any atom is -0.444 e. The van der Waals surface area contributed by atoms with E-state index in [9.17, 15) is 4.79 Å². The van der Waals surface area contributed by atoms with Crippen LogP contribution < -0.4 is 5.73 Å². The van der Waals surface area contributed by atoms with Crippen LogP contribution in [0.1, 0.15) is 40.0 Å². The summed E-state index contributed by atoms with van der Waals surface area (Å²) in [6.07, 6.45) is 2.69. The summed E-state index contributed by atoms with van der Waals surface area (Å²) in [6.45, 7) is 8.45. The third-order valence-corrected chi connectivity index (χ3v) is 2.80. The normalized spacial score (nSPS) is 17.9. The molecule has 106 valence electrons. The molecule has 1 heterocycles. The fourth-order valence-corrected chi connectivity index (χ4v) is 1.86. The number of rotatable bonds is 4. The lowest BCUT2D eigenvalue weighted by molar-refractivity contribution is -0.0114. The van der Waals surface area contributed by atoms with Crippen LogP contribution in [0.5, 0.6) is 0 Å². The summed E-state index contributed by atoms with van der Waals surface area (Å²) < 4.78 is 11.0. The van der Waals surface area contributed by atoms with E-state index in [4.69, 9.17) is 15.2 Å². The predicted molar refractivity (Wildman–Crippen MR) is 70.5 cm³/mol. The zero-order valence-corrected chi connectivity index (χ0v) is 11.8. The van der Waals surface area contributed by atoms with E-state index in [1.807, 2.05) is 20.8 Å². The SMILES string of the molecule is CC(C)(C)OC(=O)N1CCC(OCCCN)CC1. The van der Waals surface area contributed by atoms with E-state index in [-0.39, 0.29) is 12.2 Å². The van der Waals surface area contributed by atoms with Crippen LogP contribution in [-0.4, -0.2) is 48.9 Å². The van der Waals surface area contributed by atoms with Gasteiger partial charge in [0, 0.05) is 19.7 Å². The van der Waals surface area contributed by atoms with Gasteiger partial charge in [-0.3, -0.25) is 0 Å². The molecule has 2 N–H and O–H groups in total. The van der Waals surface area contributed by atoms with Crippen molar-refractivity contribution < 1.29 is 14.3 Å². The molecule has 0 spiro atoms. The zero-order valence-electron chi connectivity index (χ0n) is 11.8. The molecule has 0 atom stereocenters. The van der Waals surface area contributed by atoms with Crippen LogP contribution in [0.15, 0.2) is 0 Å². The van der Waals surface area contributed by atoms with Crippen molar-refractivity contribution in [1.29, 1.82) is 0 Å². The highest BCUT2D eigenvalue weighted by atomic mass is 16.6. The lowest BCUT2D eigenvalue weighted by atomic mass is 10.1. The first-order valence-electron chi connectivity index (χ1n) is 6.72. The fraction of sp³-hybridized carbons (Fsp3) is 0.923. The number of carbonyl (C=O) groups is 1. The van der Waals surface area contributed by atoms with Crippen LogP contribution in [-0.2, 0) is 9.47 Å². The Balaban J connectivity index is 2.24. The molecule has 5 heteroatoms. The van der Waals surface area contributed by atoms with Gasteiger partial charge in [0.1, 0.15) is 5.60 Å². The topological polar surface area (TPSA) is 64.8 Å². The van der Waals surface area contributed by atoms with Crippen molar-refractivity contribution in [1.82, 2.24) is 4.90 Å². The molecule has 1 amide bonds. The summed E-state index contributed by atoms with van der Waals surface area (Å²) in [4.78, 5) is 13.6. The van der Waals surface area contributed by atoms with Crippen molar-refractivity contribution in [2.75, 3.05) is 26.2 Å². The third-order valence-electron chi connectivity index (χ3n) is 2.80. The average Bonchev–Trinajstić information content (AvgIpc) is 2.28. The van der Waals surface area contributed by atoms with E-state index in [1.165, 1.54) is 0 Å². The molecule has 18 heavy (non-hydrogen) atoms. The van der Waals surface area contributed by atoms with E-state index in [2.05, 4.69) is 0 Å². The van der Waals surface area contributed by atoms with Gasteiger partial charge < -0.3 is 20.1 Å². The van der Waals surface area contributed by atoms with Crippen molar-refractivity contribution in [3.05, 3.63) is 0 Å². The molecule has 1 rings (SSSR count). The maximum absolute atomic E-state index is 11.8. The van der Waals surface area contributed by atoms with Crippen LogP contribution in [0.4, 0.5) is 4.79 Å². The monoisotopic (exact) mass is 258 g/mol. The van der Waals surface area contributed by atoms with Crippen LogP contribution >= 0.6 is 0 Å². The average molecular weight is 258 g/mol. The summed E-state index contributed by atoms with van der Waals surface area (Å²) in [5.41, 5.74) is 4.99. The molecular weight excluding hydrogens is 232 g/mol. The summed E-state index contributed by atoms with van der Waals surface area (Å²) in [5, 5.41) is 0. The van der Waals surface area contributed by atoms with Gasteiger partial charge in [0.25, 0.3) is 0 Å². The standard InChI is InChI=1S/C13H26N2O3/c1-13(2,3)18-12(16)15-8-5-11(6-9-15)17-10-4-7-14/h11H,4-10,14H2,1-3H3. The Kier molecular flexibility index (Phi) is 5.88. The van der Waals surface area contributed by atoms with Crippen LogP contribution in [0.3, 0.4) is 0 Å². The van der Waals surface area contributed by atoms with Gasteiger partial charge in [-0.2, -0.15) is 0 Å². The summed E-state index contributed by atoms with van der Waals surface area (Å²) in [5.74, 6) is 0.